The van der Waals surface area contributed by atoms with Gasteiger partial charge in [0.1, 0.15) is 0 Å². The van der Waals surface area contributed by atoms with Crippen LogP contribution in [0, 0.1) is 11.3 Å². The molecule has 0 spiro atoms. The Morgan fingerprint density at radius 2 is 1.02 bits per heavy atom. The predicted molar refractivity (Wildman–Crippen MR) is 230 cm³/mol. The van der Waals surface area contributed by atoms with Crippen LogP contribution in [0.5, 0.6) is 0 Å². The van der Waals surface area contributed by atoms with Crippen molar-refractivity contribution in [3.63, 3.8) is 0 Å². The molecule has 0 fully saturated rings. The normalized spacial score (nSPS) is 12.5. The van der Waals surface area contributed by atoms with Gasteiger partial charge in [-0.2, -0.15) is 5.26 Å². The molecule has 2 aromatic heterocycles. The second-order valence-corrected chi connectivity index (χ2v) is 15.1. The first-order valence-corrected chi connectivity index (χ1v) is 19.1. The number of pyridine rings is 1. The first-order chi connectivity index (χ1) is 27.9. The Bertz CT molecular complexity index is 3030. The van der Waals surface area contributed by atoms with Gasteiger partial charge < -0.3 is 0 Å². The Morgan fingerprint density at radius 3 is 1.75 bits per heavy atom. The number of hydrogen-bond acceptors (Lipinski definition) is 5. The maximum atomic E-state index is 9.69. The second-order valence-electron chi connectivity index (χ2n) is 15.1. The highest BCUT2D eigenvalue weighted by molar-refractivity contribution is 5.96. The summed E-state index contributed by atoms with van der Waals surface area (Å²) >= 11 is 0. The summed E-state index contributed by atoms with van der Waals surface area (Å²) in [4.78, 5) is 20.2. The number of fused-ring (bicyclic) bond motifs is 4. The van der Waals surface area contributed by atoms with Gasteiger partial charge in [0.2, 0.25) is 0 Å². The van der Waals surface area contributed by atoms with Gasteiger partial charge in [-0.05, 0) is 92.5 Å². The molecule has 1 aliphatic carbocycles. The number of benzene rings is 7. The zero-order chi connectivity index (χ0) is 38.5. The molecule has 1 aliphatic rings. The SMILES string of the molecule is CC1(C)c2ccc(C#N)cc2-c2ccc(-c3cc(-c4nc(-c5ccccc5)nc(-c5ccc(-c6ccccc6)cc5)n4)cc(-c4cccc5cccnc45)c3)cc21. The lowest BCUT2D eigenvalue weighted by Crippen LogP contribution is -2.15. The zero-order valence-corrected chi connectivity index (χ0v) is 31.5. The highest BCUT2D eigenvalue weighted by Crippen LogP contribution is 2.50. The van der Waals surface area contributed by atoms with Crippen LogP contribution in [0.4, 0.5) is 0 Å². The van der Waals surface area contributed by atoms with E-state index in [4.69, 9.17) is 19.9 Å². The van der Waals surface area contributed by atoms with Crippen LogP contribution in [-0.2, 0) is 5.41 Å². The highest BCUT2D eigenvalue weighted by atomic mass is 15.0. The Morgan fingerprint density at radius 1 is 0.421 bits per heavy atom. The van der Waals surface area contributed by atoms with Crippen LogP contribution in [0.2, 0.25) is 0 Å². The van der Waals surface area contributed by atoms with Gasteiger partial charge in [-0.25, -0.2) is 15.0 Å². The molecule has 5 heteroatoms. The molecule has 2 heterocycles. The fourth-order valence-corrected chi connectivity index (χ4v) is 8.21. The van der Waals surface area contributed by atoms with Gasteiger partial charge in [0.25, 0.3) is 0 Å². The maximum Gasteiger partial charge on any atom is 0.164 e. The van der Waals surface area contributed by atoms with E-state index in [-0.39, 0.29) is 5.41 Å². The maximum absolute atomic E-state index is 9.69. The van der Waals surface area contributed by atoms with Crippen molar-refractivity contribution < 1.29 is 0 Å². The molecular weight excluding hydrogens is 695 g/mol. The van der Waals surface area contributed by atoms with Gasteiger partial charge in [-0.3, -0.25) is 4.98 Å². The van der Waals surface area contributed by atoms with E-state index < -0.39 is 0 Å². The van der Waals surface area contributed by atoms with Crippen molar-refractivity contribution in [3.05, 3.63) is 193 Å². The standard InChI is InChI=1S/C52H35N5/c1-52(2)46-25-18-33(32-53)27-45(46)44-24-23-39(31-47(44)52)40-28-41(43-17-9-15-36-16-10-26-54-48(36)43)30-42(29-40)51-56-49(37-13-7-4-8-14-37)55-50(57-51)38-21-19-35(20-22-38)34-11-5-3-6-12-34/h3-31H,1-2H3. The van der Waals surface area contributed by atoms with Crippen LogP contribution < -0.4 is 0 Å². The lowest BCUT2D eigenvalue weighted by atomic mass is 9.81. The molecule has 0 saturated carbocycles. The van der Waals surface area contributed by atoms with E-state index in [9.17, 15) is 5.26 Å². The van der Waals surface area contributed by atoms with Gasteiger partial charge in [0.15, 0.2) is 17.5 Å². The van der Waals surface area contributed by atoms with Crippen LogP contribution in [0.1, 0.15) is 30.5 Å². The van der Waals surface area contributed by atoms with Crippen LogP contribution in [0.25, 0.3) is 89.6 Å². The van der Waals surface area contributed by atoms with Gasteiger partial charge in [-0.15, -0.1) is 0 Å². The summed E-state index contributed by atoms with van der Waals surface area (Å²) < 4.78 is 0. The third-order valence-corrected chi connectivity index (χ3v) is 11.2. The minimum Gasteiger partial charge on any atom is -0.256 e. The summed E-state index contributed by atoms with van der Waals surface area (Å²) in [7, 11) is 0. The molecule has 10 rings (SSSR count). The average Bonchev–Trinajstić information content (AvgIpc) is 3.51. The van der Waals surface area contributed by atoms with E-state index in [1.54, 1.807) is 0 Å². The lowest BCUT2D eigenvalue weighted by molar-refractivity contribution is 0.660. The second kappa shape index (κ2) is 13.6. The molecular formula is C52H35N5. The zero-order valence-electron chi connectivity index (χ0n) is 31.5. The van der Waals surface area contributed by atoms with Crippen molar-refractivity contribution in [1.29, 1.82) is 5.26 Å². The number of hydrogen-bond donors (Lipinski definition) is 0. The van der Waals surface area contributed by atoms with Gasteiger partial charge in [0, 0.05) is 39.3 Å². The smallest absolute Gasteiger partial charge is 0.164 e. The third kappa shape index (κ3) is 6.05. The number of para-hydroxylation sites is 1. The molecule has 0 N–H and O–H groups in total. The van der Waals surface area contributed by atoms with Gasteiger partial charge in [0.05, 0.1) is 17.1 Å². The van der Waals surface area contributed by atoms with E-state index in [2.05, 4.69) is 135 Å². The first-order valence-electron chi connectivity index (χ1n) is 19.1. The fraction of sp³-hybridized carbons (Fsp3) is 0.0577. The fourth-order valence-electron chi connectivity index (χ4n) is 8.21. The van der Waals surface area contributed by atoms with Crippen molar-refractivity contribution >= 4 is 10.9 Å². The van der Waals surface area contributed by atoms with Gasteiger partial charge in [-0.1, -0.05) is 141 Å². The van der Waals surface area contributed by atoms with Crippen LogP contribution in [-0.4, -0.2) is 19.9 Å². The predicted octanol–water partition coefficient (Wildman–Crippen LogP) is 12.6. The monoisotopic (exact) mass is 729 g/mol. The van der Waals surface area contributed by atoms with E-state index in [0.29, 0.717) is 23.0 Å². The molecule has 0 unspecified atom stereocenters. The molecule has 57 heavy (non-hydrogen) atoms. The van der Waals surface area contributed by atoms with Gasteiger partial charge >= 0.3 is 0 Å². The quantitative estimate of drug-likeness (QED) is 0.170. The molecule has 0 atom stereocenters. The Balaban J connectivity index is 1.17. The average molecular weight is 730 g/mol. The summed E-state index contributed by atoms with van der Waals surface area (Å²) in [6.45, 7) is 4.53. The topological polar surface area (TPSA) is 75.3 Å². The Kier molecular flexibility index (Phi) is 8.13. The molecule has 5 nitrogen and oxygen atoms in total. The molecule has 7 aromatic carbocycles. The van der Waals surface area contributed by atoms with E-state index in [0.717, 1.165) is 66.5 Å². The lowest BCUT2D eigenvalue weighted by Gasteiger charge is -2.22. The third-order valence-electron chi connectivity index (χ3n) is 11.2. The summed E-state index contributed by atoms with van der Waals surface area (Å²) in [6.07, 6.45) is 1.85. The number of rotatable bonds is 6. The highest BCUT2D eigenvalue weighted by Gasteiger charge is 2.35. The molecule has 268 valence electrons. The summed E-state index contributed by atoms with van der Waals surface area (Å²) in [5, 5.41) is 10.8. The van der Waals surface area contributed by atoms with Crippen molar-refractivity contribution in [2.75, 3.05) is 0 Å². The Hall–Kier alpha value is -7.55. The largest absolute Gasteiger partial charge is 0.256 e. The van der Waals surface area contributed by atoms with Crippen molar-refractivity contribution in [2.45, 2.75) is 19.3 Å². The summed E-state index contributed by atoms with van der Waals surface area (Å²) in [5.74, 6) is 1.79. The number of nitrogens with zero attached hydrogens (tertiary/aromatic N) is 5. The van der Waals surface area contributed by atoms with Crippen LogP contribution in [0.15, 0.2) is 176 Å². The molecule has 0 saturated heterocycles. The van der Waals surface area contributed by atoms with E-state index in [1.165, 1.54) is 16.7 Å². The van der Waals surface area contributed by atoms with E-state index >= 15 is 0 Å². The van der Waals surface area contributed by atoms with Crippen molar-refractivity contribution in [3.8, 4) is 84.7 Å². The number of nitriles is 1. The summed E-state index contributed by atoms with van der Waals surface area (Å²) in [5.41, 5.74) is 15.3. The first kappa shape index (κ1) is 34.0. The van der Waals surface area contributed by atoms with E-state index in [1.807, 2.05) is 60.8 Å². The van der Waals surface area contributed by atoms with Crippen molar-refractivity contribution in [1.82, 2.24) is 19.9 Å². The summed E-state index contributed by atoms with van der Waals surface area (Å²) in [6, 6.07) is 61.0. The minimum atomic E-state index is -0.238. The van der Waals surface area contributed by atoms with Crippen LogP contribution in [0.3, 0.4) is 0 Å². The molecule has 9 aromatic rings. The minimum absolute atomic E-state index is 0.238. The molecule has 0 aliphatic heterocycles. The molecule has 0 amide bonds. The van der Waals surface area contributed by atoms with Crippen molar-refractivity contribution in [2.24, 2.45) is 0 Å². The molecule has 0 bridgehead atoms. The molecule has 0 radical (unpaired) electrons. The Labute approximate surface area is 331 Å². The number of aromatic nitrogens is 4. The van der Waals surface area contributed by atoms with Crippen LogP contribution >= 0.6 is 0 Å².